The van der Waals surface area contributed by atoms with Gasteiger partial charge in [-0.2, -0.15) is 4.31 Å². The van der Waals surface area contributed by atoms with Crippen molar-refractivity contribution < 1.29 is 17.9 Å². The molecule has 6 heteroatoms. The van der Waals surface area contributed by atoms with Gasteiger partial charge in [-0.05, 0) is 24.1 Å². The normalized spacial score (nSPS) is 16.7. The molecule has 0 atom stereocenters. The lowest BCUT2D eigenvalue weighted by atomic mass is 10.2. The van der Waals surface area contributed by atoms with Crippen LogP contribution in [0, 0.1) is 5.92 Å². The van der Waals surface area contributed by atoms with E-state index in [1.54, 1.807) is 24.3 Å². The Bertz CT molecular complexity index is 619. The zero-order chi connectivity index (χ0) is 16.2. The van der Waals surface area contributed by atoms with Crippen molar-refractivity contribution in [3.05, 3.63) is 30.3 Å². The molecule has 5 nitrogen and oxygen atoms in total. The number of rotatable bonds is 6. The molecule has 0 unspecified atom stereocenters. The molecule has 1 aliphatic heterocycles. The first-order valence-corrected chi connectivity index (χ1v) is 8.86. The molecule has 2 rings (SSSR count). The van der Waals surface area contributed by atoms with Crippen molar-refractivity contribution in [2.24, 2.45) is 5.92 Å². The minimum Gasteiger partial charge on any atom is -0.493 e. The Morgan fingerprint density at radius 1 is 1.36 bits per heavy atom. The molecule has 0 bridgehead atoms. The van der Waals surface area contributed by atoms with Crippen LogP contribution < -0.4 is 4.74 Å². The molecule has 0 N–H and O–H groups in total. The summed E-state index contributed by atoms with van der Waals surface area (Å²) in [5.41, 5.74) is 0.690. The number of hydrogen-bond donors (Lipinski definition) is 0. The fourth-order valence-electron chi connectivity index (χ4n) is 2.17. The van der Waals surface area contributed by atoms with Gasteiger partial charge in [-0.1, -0.05) is 26.5 Å². The predicted molar refractivity (Wildman–Crippen MR) is 86.4 cm³/mol. The lowest BCUT2D eigenvalue weighted by Gasteiger charge is -2.26. The summed E-state index contributed by atoms with van der Waals surface area (Å²) in [4.78, 5) is 0.265. The summed E-state index contributed by atoms with van der Waals surface area (Å²) in [5, 5.41) is 0. The predicted octanol–water partition coefficient (Wildman–Crippen LogP) is 2.39. The van der Waals surface area contributed by atoms with Crippen LogP contribution in [0.2, 0.25) is 0 Å². The molecular formula is C16H23NO4S. The minimum atomic E-state index is -3.49. The molecule has 1 saturated heterocycles. The van der Waals surface area contributed by atoms with E-state index in [-0.39, 0.29) is 4.90 Å². The van der Waals surface area contributed by atoms with E-state index >= 15 is 0 Å². The summed E-state index contributed by atoms with van der Waals surface area (Å²) in [6, 6.07) is 4.91. The number of ether oxygens (including phenoxy) is 2. The molecule has 0 radical (unpaired) electrons. The largest absolute Gasteiger partial charge is 0.493 e. The highest BCUT2D eigenvalue weighted by atomic mass is 32.2. The summed E-state index contributed by atoms with van der Waals surface area (Å²) in [6.45, 7) is 10.1. The third-order valence-electron chi connectivity index (χ3n) is 3.38. The van der Waals surface area contributed by atoms with Crippen LogP contribution in [-0.4, -0.2) is 45.6 Å². The van der Waals surface area contributed by atoms with Gasteiger partial charge in [0.1, 0.15) is 5.75 Å². The molecule has 0 aliphatic carbocycles. The molecule has 1 aromatic rings. The van der Waals surface area contributed by atoms with Crippen molar-refractivity contribution in [1.29, 1.82) is 0 Å². The Hall–Kier alpha value is -1.37. The van der Waals surface area contributed by atoms with E-state index in [4.69, 9.17) is 9.47 Å². The van der Waals surface area contributed by atoms with Crippen molar-refractivity contribution in [1.82, 2.24) is 4.31 Å². The summed E-state index contributed by atoms with van der Waals surface area (Å²) in [6.07, 6.45) is 1.62. The van der Waals surface area contributed by atoms with Crippen LogP contribution in [0.1, 0.15) is 19.4 Å². The zero-order valence-electron chi connectivity index (χ0n) is 13.1. The second kappa shape index (κ2) is 7.26. The van der Waals surface area contributed by atoms with Gasteiger partial charge in [0.2, 0.25) is 10.0 Å². The number of benzene rings is 1. The van der Waals surface area contributed by atoms with Gasteiger partial charge in [-0.25, -0.2) is 8.42 Å². The lowest BCUT2D eigenvalue weighted by molar-refractivity contribution is 0.0730. The highest BCUT2D eigenvalue weighted by Gasteiger charge is 2.26. The average Bonchev–Trinajstić information content (AvgIpc) is 2.53. The Balaban J connectivity index is 2.26. The van der Waals surface area contributed by atoms with Gasteiger partial charge in [0.05, 0.1) is 24.7 Å². The van der Waals surface area contributed by atoms with Crippen LogP contribution in [0.4, 0.5) is 0 Å². The van der Waals surface area contributed by atoms with Crippen LogP contribution >= 0.6 is 0 Å². The second-order valence-electron chi connectivity index (χ2n) is 5.63. The van der Waals surface area contributed by atoms with E-state index in [1.807, 2.05) is 0 Å². The molecule has 0 amide bonds. The molecule has 22 heavy (non-hydrogen) atoms. The van der Waals surface area contributed by atoms with Crippen LogP contribution in [0.5, 0.6) is 5.75 Å². The van der Waals surface area contributed by atoms with Crippen molar-refractivity contribution in [3.8, 4) is 5.75 Å². The fourth-order valence-corrected chi connectivity index (χ4v) is 3.61. The summed E-state index contributed by atoms with van der Waals surface area (Å²) < 4.78 is 37.6. The van der Waals surface area contributed by atoms with E-state index in [9.17, 15) is 8.42 Å². The summed E-state index contributed by atoms with van der Waals surface area (Å²) >= 11 is 0. The van der Waals surface area contributed by atoms with E-state index in [1.165, 1.54) is 4.31 Å². The molecule has 1 heterocycles. The molecular weight excluding hydrogens is 302 g/mol. The van der Waals surface area contributed by atoms with Gasteiger partial charge in [0, 0.05) is 18.7 Å². The zero-order valence-corrected chi connectivity index (χ0v) is 13.9. The molecule has 1 fully saturated rings. The fraction of sp³-hybridized carbons (Fsp3) is 0.500. The third-order valence-corrected chi connectivity index (χ3v) is 5.28. The Labute approximate surface area is 132 Å². The maximum atomic E-state index is 12.6. The first-order chi connectivity index (χ1) is 10.4. The van der Waals surface area contributed by atoms with Crippen LogP contribution in [0.3, 0.4) is 0 Å². The maximum Gasteiger partial charge on any atom is 0.243 e. The van der Waals surface area contributed by atoms with Crippen LogP contribution in [0.25, 0.3) is 6.08 Å². The van der Waals surface area contributed by atoms with Crippen LogP contribution in [0.15, 0.2) is 29.7 Å². The molecule has 0 aromatic heterocycles. The number of hydrogen-bond acceptors (Lipinski definition) is 4. The lowest BCUT2D eigenvalue weighted by Crippen LogP contribution is -2.40. The highest BCUT2D eigenvalue weighted by Crippen LogP contribution is 2.26. The smallest absolute Gasteiger partial charge is 0.243 e. The van der Waals surface area contributed by atoms with Crippen LogP contribution in [-0.2, 0) is 14.8 Å². The van der Waals surface area contributed by atoms with Gasteiger partial charge in [0.15, 0.2) is 0 Å². The van der Waals surface area contributed by atoms with E-state index in [2.05, 4.69) is 20.4 Å². The van der Waals surface area contributed by atoms with Crippen molar-refractivity contribution >= 4 is 16.1 Å². The molecule has 122 valence electrons. The maximum absolute atomic E-state index is 12.6. The highest BCUT2D eigenvalue weighted by molar-refractivity contribution is 7.89. The van der Waals surface area contributed by atoms with Crippen molar-refractivity contribution in [2.75, 3.05) is 32.9 Å². The van der Waals surface area contributed by atoms with Gasteiger partial charge in [-0.3, -0.25) is 0 Å². The number of nitrogens with zero attached hydrogens (tertiary/aromatic N) is 1. The molecule has 1 aromatic carbocycles. The third kappa shape index (κ3) is 3.88. The Kier molecular flexibility index (Phi) is 5.61. The van der Waals surface area contributed by atoms with Gasteiger partial charge < -0.3 is 9.47 Å². The minimum absolute atomic E-state index is 0.265. The van der Waals surface area contributed by atoms with Crippen molar-refractivity contribution in [2.45, 2.75) is 18.7 Å². The molecule has 1 aliphatic rings. The number of sulfonamides is 1. The van der Waals surface area contributed by atoms with Gasteiger partial charge >= 0.3 is 0 Å². The van der Waals surface area contributed by atoms with E-state index in [0.29, 0.717) is 50.1 Å². The standard InChI is InChI=1S/C16H23NO4S/c1-4-14-11-15(5-6-16(14)21-12-13(2)3)22(18,19)17-7-9-20-10-8-17/h4-6,11,13H,1,7-10,12H2,2-3H3. The number of morpholine rings is 1. The first-order valence-electron chi connectivity index (χ1n) is 7.42. The Morgan fingerprint density at radius 2 is 2.05 bits per heavy atom. The van der Waals surface area contributed by atoms with E-state index in [0.717, 1.165) is 0 Å². The second-order valence-corrected chi connectivity index (χ2v) is 7.56. The summed E-state index contributed by atoms with van der Waals surface area (Å²) in [5.74, 6) is 1.05. The first kappa shape index (κ1) is 17.0. The SMILES string of the molecule is C=Cc1cc(S(=O)(=O)N2CCOCC2)ccc1OCC(C)C. The molecule has 0 spiro atoms. The monoisotopic (exact) mass is 325 g/mol. The molecule has 0 saturated carbocycles. The quantitative estimate of drug-likeness (QED) is 0.806. The van der Waals surface area contributed by atoms with Crippen molar-refractivity contribution in [3.63, 3.8) is 0 Å². The van der Waals surface area contributed by atoms with E-state index < -0.39 is 10.0 Å². The van der Waals surface area contributed by atoms with Gasteiger partial charge in [-0.15, -0.1) is 0 Å². The topological polar surface area (TPSA) is 55.8 Å². The Morgan fingerprint density at radius 3 is 2.64 bits per heavy atom. The average molecular weight is 325 g/mol. The van der Waals surface area contributed by atoms with Gasteiger partial charge in [0.25, 0.3) is 0 Å². The summed E-state index contributed by atoms with van der Waals surface area (Å²) in [7, 11) is -3.49.